The molecule has 0 aliphatic heterocycles. The molecule has 0 atom stereocenters. The summed E-state index contributed by atoms with van der Waals surface area (Å²) in [7, 11) is -1.78. The fraction of sp³-hybridized carbons (Fsp3) is 0.429. The molecule has 0 saturated heterocycles. The van der Waals surface area contributed by atoms with Crippen LogP contribution < -0.4 is 4.43 Å². The highest BCUT2D eigenvalue weighted by atomic mass is 127. The van der Waals surface area contributed by atoms with E-state index < -0.39 is 8.32 Å². The third kappa shape index (κ3) is 2.45. The molecule has 0 amide bonds. The minimum Gasteiger partial charge on any atom is -0.531 e. The third-order valence-electron chi connectivity index (χ3n) is 3.77. The molecule has 0 radical (unpaired) electrons. The van der Waals surface area contributed by atoms with E-state index in [0.717, 1.165) is 11.4 Å². The second-order valence-corrected chi connectivity index (χ2v) is 12.0. The molecule has 0 bridgehead atoms. The molecular formula is C14H20INOSi. The maximum Gasteiger partial charge on any atom is 0.252 e. The summed E-state index contributed by atoms with van der Waals surface area (Å²) in [6, 6.07) is 8.33. The number of aromatic amines is 1. The highest BCUT2D eigenvalue weighted by molar-refractivity contribution is 14.1. The van der Waals surface area contributed by atoms with E-state index in [1.54, 1.807) is 0 Å². The normalized spacial score (nSPS) is 13.0. The van der Waals surface area contributed by atoms with Gasteiger partial charge in [-0.05, 0) is 46.8 Å². The summed E-state index contributed by atoms with van der Waals surface area (Å²) in [5.74, 6) is 0.934. The molecule has 0 aliphatic carbocycles. The van der Waals surface area contributed by atoms with Crippen molar-refractivity contribution < 1.29 is 4.43 Å². The van der Waals surface area contributed by atoms with Gasteiger partial charge in [-0.2, -0.15) is 0 Å². The van der Waals surface area contributed by atoms with E-state index in [0.29, 0.717) is 0 Å². The number of hydrogen-bond donors (Lipinski definition) is 1. The molecule has 0 unspecified atom stereocenters. The fourth-order valence-electron chi connectivity index (χ4n) is 1.56. The van der Waals surface area contributed by atoms with E-state index in [-0.39, 0.29) is 5.04 Å². The lowest BCUT2D eigenvalue weighted by Crippen LogP contribution is -2.44. The standard InChI is InChI=1S/C14H20INOSi/c1-14(2,3)18(4,5)17-13-12(15)10-8-6-7-9-11(10)16-13/h6-9,16H,1-5H3. The highest BCUT2D eigenvalue weighted by Gasteiger charge is 2.39. The van der Waals surface area contributed by atoms with Gasteiger partial charge in [-0.15, -0.1) is 0 Å². The van der Waals surface area contributed by atoms with Gasteiger partial charge in [0.1, 0.15) is 0 Å². The van der Waals surface area contributed by atoms with Crippen molar-refractivity contribution in [1.29, 1.82) is 0 Å². The van der Waals surface area contributed by atoms with Gasteiger partial charge in [-0.3, -0.25) is 0 Å². The molecule has 0 fully saturated rings. The van der Waals surface area contributed by atoms with Gasteiger partial charge in [0, 0.05) is 10.9 Å². The van der Waals surface area contributed by atoms with Crippen LogP contribution in [0, 0.1) is 3.57 Å². The molecule has 0 saturated carbocycles. The molecule has 2 aromatic rings. The number of halogens is 1. The van der Waals surface area contributed by atoms with E-state index in [9.17, 15) is 0 Å². The fourth-order valence-corrected chi connectivity index (χ4v) is 3.45. The van der Waals surface area contributed by atoms with Gasteiger partial charge in [-0.1, -0.05) is 39.0 Å². The third-order valence-corrected chi connectivity index (χ3v) is 9.17. The highest BCUT2D eigenvalue weighted by Crippen LogP contribution is 2.39. The van der Waals surface area contributed by atoms with Gasteiger partial charge < -0.3 is 9.41 Å². The van der Waals surface area contributed by atoms with E-state index in [4.69, 9.17) is 4.43 Å². The average molecular weight is 373 g/mol. The molecule has 18 heavy (non-hydrogen) atoms. The van der Waals surface area contributed by atoms with Crippen molar-refractivity contribution in [2.24, 2.45) is 0 Å². The van der Waals surface area contributed by atoms with E-state index in [1.807, 2.05) is 6.07 Å². The maximum absolute atomic E-state index is 6.36. The van der Waals surface area contributed by atoms with Crippen LogP contribution in [-0.4, -0.2) is 13.3 Å². The van der Waals surface area contributed by atoms with Crippen LogP contribution in [0.3, 0.4) is 0 Å². The Morgan fingerprint density at radius 2 is 1.78 bits per heavy atom. The number of para-hydroxylation sites is 1. The SMILES string of the molecule is CC(C)(C)[Si](C)(C)Oc1[nH]c2ccccc2c1I. The molecular weight excluding hydrogens is 353 g/mol. The van der Waals surface area contributed by atoms with E-state index in [1.165, 1.54) is 8.96 Å². The van der Waals surface area contributed by atoms with E-state index >= 15 is 0 Å². The molecule has 0 spiro atoms. The predicted molar refractivity (Wildman–Crippen MR) is 88.8 cm³/mol. The Bertz CT molecular complexity index is 569. The number of hydrogen-bond acceptors (Lipinski definition) is 1. The predicted octanol–water partition coefficient (Wildman–Crippen LogP) is 5.16. The number of rotatable bonds is 2. The zero-order chi connectivity index (χ0) is 13.6. The first-order chi connectivity index (χ1) is 8.22. The summed E-state index contributed by atoms with van der Waals surface area (Å²) in [4.78, 5) is 3.40. The number of benzene rings is 1. The average Bonchev–Trinajstić information content (AvgIpc) is 2.54. The van der Waals surface area contributed by atoms with Crippen LogP contribution in [0.15, 0.2) is 24.3 Å². The summed E-state index contributed by atoms with van der Waals surface area (Å²) in [6.45, 7) is 11.3. The Labute approximate surface area is 123 Å². The van der Waals surface area contributed by atoms with Crippen LogP contribution in [0.25, 0.3) is 10.9 Å². The van der Waals surface area contributed by atoms with Crippen molar-refractivity contribution >= 4 is 41.8 Å². The number of fused-ring (bicyclic) bond motifs is 1. The molecule has 4 heteroatoms. The maximum atomic E-state index is 6.36. The largest absolute Gasteiger partial charge is 0.531 e. The Morgan fingerprint density at radius 3 is 2.33 bits per heavy atom. The quantitative estimate of drug-likeness (QED) is 0.571. The van der Waals surface area contributed by atoms with Gasteiger partial charge in [0.25, 0.3) is 8.32 Å². The molecule has 1 aromatic carbocycles. The van der Waals surface area contributed by atoms with Crippen LogP contribution in [0.5, 0.6) is 5.88 Å². The van der Waals surface area contributed by atoms with Gasteiger partial charge in [0.2, 0.25) is 0 Å². The van der Waals surface area contributed by atoms with Crippen molar-refractivity contribution in [3.8, 4) is 5.88 Å². The number of H-pyrrole nitrogens is 1. The van der Waals surface area contributed by atoms with E-state index in [2.05, 4.69) is 79.6 Å². The monoisotopic (exact) mass is 373 g/mol. The van der Waals surface area contributed by atoms with Crippen LogP contribution in [-0.2, 0) is 0 Å². The minimum absolute atomic E-state index is 0.216. The molecule has 1 heterocycles. The lowest BCUT2D eigenvalue weighted by Gasteiger charge is -2.36. The van der Waals surface area contributed by atoms with Crippen molar-refractivity contribution in [2.45, 2.75) is 38.9 Å². The summed E-state index contributed by atoms with van der Waals surface area (Å²) in [5.41, 5.74) is 1.15. The molecule has 98 valence electrons. The molecule has 1 aromatic heterocycles. The van der Waals surface area contributed by atoms with Gasteiger partial charge in [-0.25, -0.2) is 0 Å². The lowest BCUT2D eigenvalue weighted by molar-refractivity contribution is 0.477. The summed E-state index contributed by atoms with van der Waals surface area (Å²) >= 11 is 2.37. The van der Waals surface area contributed by atoms with Gasteiger partial charge in [0.15, 0.2) is 5.88 Å². The second-order valence-electron chi connectivity index (χ2n) is 6.18. The first kappa shape index (κ1) is 13.9. The first-order valence-electron chi connectivity index (χ1n) is 6.17. The van der Waals surface area contributed by atoms with Crippen molar-refractivity contribution in [3.05, 3.63) is 27.8 Å². The number of nitrogens with one attached hydrogen (secondary N) is 1. The van der Waals surface area contributed by atoms with Crippen LogP contribution in [0.4, 0.5) is 0 Å². The van der Waals surface area contributed by atoms with Crippen molar-refractivity contribution in [3.63, 3.8) is 0 Å². The van der Waals surface area contributed by atoms with Crippen LogP contribution in [0.1, 0.15) is 20.8 Å². The van der Waals surface area contributed by atoms with Crippen molar-refractivity contribution in [2.75, 3.05) is 0 Å². The Balaban J connectivity index is 2.41. The molecule has 2 nitrogen and oxygen atoms in total. The summed E-state index contributed by atoms with van der Waals surface area (Å²) < 4.78 is 7.55. The number of aromatic nitrogens is 1. The zero-order valence-electron chi connectivity index (χ0n) is 11.6. The van der Waals surface area contributed by atoms with Crippen LogP contribution in [0.2, 0.25) is 18.1 Å². The van der Waals surface area contributed by atoms with Gasteiger partial charge in [0.05, 0.1) is 3.57 Å². The summed E-state index contributed by atoms with van der Waals surface area (Å²) in [6.07, 6.45) is 0. The minimum atomic E-state index is -1.78. The Morgan fingerprint density at radius 1 is 1.17 bits per heavy atom. The van der Waals surface area contributed by atoms with Crippen molar-refractivity contribution in [1.82, 2.24) is 4.98 Å². The first-order valence-corrected chi connectivity index (χ1v) is 10.2. The topological polar surface area (TPSA) is 25.0 Å². The zero-order valence-corrected chi connectivity index (χ0v) is 14.8. The molecule has 0 aliphatic rings. The Kier molecular flexibility index (Phi) is 3.53. The van der Waals surface area contributed by atoms with Crippen LogP contribution >= 0.6 is 22.6 Å². The molecule has 1 N–H and O–H groups in total. The molecule has 2 rings (SSSR count). The second kappa shape index (κ2) is 4.56. The lowest BCUT2D eigenvalue weighted by atomic mass is 10.2. The Hall–Kier alpha value is -0.493. The van der Waals surface area contributed by atoms with Gasteiger partial charge >= 0.3 is 0 Å². The smallest absolute Gasteiger partial charge is 0.252 e. The summed E-state index contributed by atoms with van der Waals surface area (Å²) in [5, 5.41) is 1.46.